The molecule has 18 heavy (non-hydrogen) atoms. The van der Waals surface area contributed by atoms with Crippen LogP contribution in [-0.2, 0) is 7.05 Å². The number of aryl methyl sites for hydroxylation is 3. The molecular formula is C11H14N6S. The first-order chi connectivity index (χ1) is 8.45. The topological polar surface area (TPSA) is 93.5 Å². The van der Waals surface area contributed by atoms with E-state index >= 15 is 0 Å². The van der Waals surface area contributed by atoms with Crippen LogP contribution >= 0.6 is 11.8 Å². The summed E-state index contributed by atoms with van der Waals surface area (Å²) in [6.07, 6.45) is 0. The molecule has 0 fully saturated rings. The van der Waals surface area contributed by atoms with Crippen molar-refractivity contribution in [2.24, 2.45) is 12.8 Å². The lowest BCUT2D eigenvalue weighted by molar-refractivity contribution is 0.691. The van der Waals surface area contributed by atoms with Gasteiger partial charge in [0.25, 0.3) is 0 Å². The molecule has 3 N–H and O–H groups in total. The lowest BCUT2D eigenvalue weighted by Crippen LogP contribution is -2.14. The molecule has 2 heterocycles. The molecule has 0 bridgehead atoms. The van der Waals surface area contributed by atoms with E-state index in [1.165, 1.54) is 11.8 Å². The Kier molecular flexibility index (Phi) is 3.33. The zero-order chi connectivity index (χ0) is 13.3. The lowest BCUT2D eigenvalue weighted by Gasteiger charge is -2.04. The Balaban J connectivity index is 2.34. The molecule has 0 radical (unpaired) electrons. The van der Waals surface area contributed by atoms with Crippen molar-refractivity contribution in [2.45, 2.75) is 24.0 Å². The molecule has 7 heteroatoms. The van der Waals surface area contributed by atoms with E-state index in [4.69, 9.17) is 11.1 Å². The highest BCUT2D eigenvalue weighted by Crippen LogP contribution is 2.25. The fourth-order valence-corrected chi connectivity index (χ4v) is 2.42. The van der Waals surface area contributed by atoms with Crippen LogP contribution in [0.2, 0.25) is 0 Å². The third kappa shape index (κ3) is 2.67. The quantitative estimate of drug-likeness (QED) is 0.493. The Morgan fingerprint density at radius 3 is 2.56 bits per heavy atom. The van der Waals surface area contributed by atoms with Crippen LogP contribution in [0.1, 0.15) is 17.1 Å². The monoisotopic (exact) mass is 262 g/mol. The number of hydrogen-bond acceptors (Lipinski definition) is 5. The molecule has 0 aliphatic heterocycles. The predicted octanol–water partition coefficient (Wildman–Crippen LogP) is 1.26. The van der Waals surface area contributed by atoms with Crippen molar-refractivity contribution in [3.63, 3.8) is 0 Å². The minimum atomic E-state index is -0.0523. The molecule has 0 aromatic carbocycles. The molecular weight excluding hydrogens is 248 g/mol. The summed E-state index contributed by atoms with van der Waals surface area (Å²) in [5, 5.41) is 13.2. The zero-order valence-electron chi connectivity index (χ0n) is 10.4. The maximum atomic E-state index is 7.42. The number of nitrogens with two attached hydrogens (primary N) is 1. The van der Waals surface area contributed by atoms with Gasteiger partial charge in [-0.25, -0.2) is 9.97 Å². The van der Waals surface area contributed by atoms with Gasteiger partial charge in [-0.3, -0.25) is 10.1 Å². The first-order valence-corrected chi connectivity index (χ1v) is 6.16. The van der Waals surface area contributed by atoms with Crippen molar-refractivity contribution in [1.82, 2.24) is 19.7 Å². The van der Waals surface area contributed by atoms with Crippen LogP contribution in [-0.4, -0.2) is 25.6 Å². The summed E-state index contributed by atoms with van der Waals surface area (Å²) < 4.78 is 1.78. The summed E-state index contributed by atoms with van der Waals surface area (Å²) >= 11 is 1.41. The average Bonchev–Trinajstić information content (AvgIpc) is 2.56. The molecule has 0 unspecified atom stereocenters. The second kappa shape index (κ2) is 4.77. The van der Waals surface area contributed by atoms with E-state index in [1.54, 1.807) is 10.7 Å². The molecule has 0 aliphatic rings. The standard InChI is InChI=1S/C11H14N6S/c1-6-4-8(10(12)13)15-11(14-6)18-9-5-7(2)16-17(9)3/h4-5H,1-3H3,(H3,12,13). The highest BCUT2D eigenvalue weighted by atomic mass is 32.2. The normalized spacial score (nSPS) is 10.6. The molecule has 0 spiro atoms. The molecule has 2 aromatic heterocycles. The largest absolute Gasteiger partial charge is 0.382 e. The Morgan fingerprint density at radius 2 is 2.00 bits per heavy atom. The molecule has 0 saturated carbocycles. The van der Waals surface area contributed by atoms with Gasteiger partial charge in [-0.05, 0) is 37.7 Å². The molecule has 94 valence electrons. The van der Waals surface area contributed by atoms with Crippen molar-refractivity contribution in [3.8, 4) is 0 Å². The lowest BCUT2D eigenvalue weighted by atomic mass is 10.3. The highest BCUT2D eigenvalue weighted by molar-refractivity contribution is 7.99. The van der Waals surface area contributed by atoms with E-state index in [2.05, 4.69) is 15.1 Å². The first-order valence-electron chi connectivity index (χ1n) is 5.34. The smallest absolute Gasteiger partial charge is 0.194 e. The number of hydrogen-bond donors (Lipinski definition) is 2. The van der Waals surface area contributed by atoms with E-state index < -0.39 is 0 Å². The molecule has 2 rings (SSSR count). The van der Waals surface area contributed by atoms with Crippen LogP contribution in [0.15, 0.2) is 22.3 Å². The van der Waals surface area contributed by atoms with Crippen LogP contribution in [0, 0.1) is 19.3 Å². The Morgan fingerprint density at radius 1 is 1.28 bits per heavy atom. The van der Waals surface area contributed by atoms with E-state index in [9.17, 15) is 0 Å². The van der Waals surface area contributed by atoms with E-state index in [-0.39, 0.29) is 5.84 Å². The molecule has 2 aromatic rings. The Hall–Kier alpha value is -1.89. The summed E-state index contributed by atoms with van der Waals surface area (Å²) in [6, 6.07) is 3.66. The summed E-state index contributed by atoms with van der Waals surface area (Å²) in [4.78, 5) is 8.56. The van der Waals surface area contributed by atoms with Gasteiger partial charge in [-0.1, -0.05) is 0 Å². The number of nitrogens with zero attached hydrogens (tertiary/aromatic N) is 4. The van der Waals surface area contributed by atoms with Crippen molar-refractivity contribution in [2.75, 3.05) is 0 Å². The van der Waals surface area contributed by atoms with E-state index in [0.717, 1.165) is 16.4 Å². The van der Waals surface area contributed by atoms with Crippen LogP contribution in [0.4, 0.5) is 0 Å². The number of aromatic nitrogens is 4. The zero-order valence-corrected chi connectivity index (χ0v) is 11.2. The summed E-state index contributed by atoms with van der Waals surface area (Å²) in [5.74, 6) is -0.0523. The fourth-order valence-electron chi connectivity index (χ4n) is 1.50. The molecule has 0 atom stereocenters. The van der Waals surface area contributed by atoms with Crippen molar-refractivity contribution in [3.05, 3.63) is 29.2 Å². The SMILES string of the molecule is Cc1cc(C(=N)N)nc(Sc2cc(C)nn2C)n1. The van der Waals surface area contributed by atoms with Gasteiger partial charge in [0.15, 0.2) is 5.16 Å². The molecule has 6 nitrogen and oxygen atoms in total. The number of nitrogens with one attached hydrogen (secondary N) is 1. The summed E-state index contributed by atoms with van der Waals surface area (Å²) in [5.41, 5.74) is 7.63. The van der Waals surface area contributed by atoms with Gasteiger partial charge in [0.05, 0.1) is 5.69 Å². The van der Waals surface area contributed by atoms with Gasteiger partial charge in [0, 0.05) is 12.7 Å². The Labute approximate surface area is 109 Å². The third-order valence-corrected chi connectivity index (χ3v) is 3.22. The maximum absolute atomic E-state index is 7.42. The number of amidine groups is 1. The van der Waals surface area contributed by atoms with Crippen molar-refractivity contribution >= 4 is 17.6 Å². The molecule has 0 saturated heterocycles. The van der Waals surface area contributed by atoms with Gasteiger partial charge in [0.2, 0.25) is 0 Å². The second-order valence-electron chi connectivity index (χ2n) is 3.94. The number of rotatable bonds is 3. The molecule has 0 aliphatic carbocycles. The van der Waals surface area contributed by atoms with Crippen LogP contribution in [0.25, 0.3) is 0 Å². The van der Waals surface area contributed by atoms with E-state index in [0.29, 0.717) is 10.9 Å². The van der Waals surface area contributed by atoms with Gasteiger partial charge in [-0.15, -0.1) is 0 Å². The highest BCUT2D eigenvalue weighted by Gasteiger charge is 2.09. The minimum absolute atomic E-state index is 0.0523. The average molecular weight is 262 g/mol. The first kappa shape index (κ1) is 12.6. The minimum Gasteiger partial charge on any atom is -0.382 e. The number of nitrogen functional groups attached to an aromatic ring is 1. The van der Waals surface area contributed by atoms with Gasteiger partial charge < -0.3 is 5.73 Å². The van der Waals surface area contributed by atoms with Gasteiger partial charge in [-0.2, -0.15) is 5.10 Å². The van der Waals surface area contributed by atoms with Crippen LogP contribution in [0.3, 0.4) is 0 Å². The second-order valence-corrected chi connectivity index (χ2v) is 4.93. The van der Waals surface area contributed by atoms with Crippen molar-refractivity contribution < 1.29 is 0 Å². The fraction of sp³-hybridized carbons (Fsp3) is 0.273. The summed E-state index contributed by atoms with van der Waals surface area (Å²) in [6.45, 7) is 3.79. The third-order valence-electron chi connectivity index (χ3n) is 2.26. The van der Waals surface area contributed by atoms with Crippen LogP contribution < -0.4 is 5.73 Å². The Bertz CT molecular complexity index is 604. The van der Waals surface area contributed by atoms with Crippen LogP contribution in [0.5, 0.6) is 0 Å². The maximum Gasteiger partial charge on any atom is 0.194 e. The van der Waals surface area contributed by atoms with Crippen molar-refractivity contribution in [1.29, 1.82) is 5.41 Å². The van der Waals surface area contributed by atoms with Gasteiger partial charge in [0.1, 0.15) is 16.6 Å². The summed E-state index contributed by atoms with van der Waals surface area (Å²) in [7, 11) is 1.87. The predicted molar refractivity (Wildman–Crippen MR) is 69.9 cm³/mol. The molecule has 0 amide bonds. The van der Waals surface area contributed by atoms with E-state index in [1.807, 2.05) is 27.0 Å². The van der Waals surface area contributed by atoms with Gasteiger partial charge >= 0.3 is 0 Å².